The Labute approximate surface area is 154 Å². The lowest BCUT2D eigenvalue weighted by atomic mass is 10.2. The van der Waals surface area contributed by atoms with Crippen molar-refractivity contribution in [2.24, 2.45) is 0 Å². The van der Waals surface area contributed by atoms with E-state index in [1.165, 1.54) is 13.0 Å². The molecule has 0 radical (unpaired) electrons. The monoisotopic (exact) mass is 392 g/mol. The number of nitrogens with zero attached hydrogens (tertiary/aromatic N) is 2. The van der Waals surface area contributed by atoms with E-state index < -0.39 is 15.0 Å². The van der Waals surface area contributed by atoms with E-state index in [2.05, 4.69) is 4.98 Å². The minimum absolute atomic E-state index is 0.0939. The predicted molar refractivity (Wildman–Crippen MR) is 104 cm³/mol. The smallest absolute Gasteiger partial charge is 0.270 e. The first-order valence-corrected chi connectivity index (χ1v) is 9.94. The SMILES string of the molecule is CCS(=O)(=O)O.O=[N+]([O-])c1cccc(C=Cc2nc3ccccc3s2)c1. The van der Waals surface area contributed by atoms with Crippen molar-refractivity contribution in [2.75, 3.05) is 5.75 Å². The van der Waals surface area contributed by atoms with Crippen LogP contribution in [-0.2, 0) is 10.1 Å². The maximum Gasteiger partial charge on any atom is 0.270 e. The van der Waals surface area contributed by atoms with Crippen LogP contribution < -0.4 is 0 Å². The Hall–Kier alpha value is -2.62. The van der Waals surface area contributed by atoms with Crippen LogP contribution in [0.25, 0.3) is 22.4 Å². The van der Waals surface area contributed by atoms with Crippen molar-refractivity contribution in [3.63, 3.8) is 0 Å². The molecule has 0 aliphatic rings. The molecular formula is C17H16N2O5S2. The van der Waals surface area contributed by atoms with Gasteiger partial charge in [-0.25, -0.2) is 4.98 Å². The molecule has 0 aliphatic heterocycles. The van der Waals surface area contributed by atoms with Gasteiger partial charge in [0, 0.05) is 12.1 Å². The average molecular weight is 392 g/mol. The zero-order valence-electron chi connectivity index (χ0n) is 13.8. The van der Waals surface area contributed by atoms with Crippen molar-refractivity contribution in [2.45, 2.75) is 6.92 Å². The van der Waals surface area contributed by atoms with Crippen molar-refractivity contribution >= 4 is 49.5 Å². The van der Waals surface area contributed by atoms with Gasteiger partial charge >= 0.3 is 0 Å². The second-order valence-corrected chi connectivity index (χ2v) is 7.88. The highest BCUT2D eigenvalue weighted by molar-refractivity contribution is 7.85. The summed E-state index contributed by atoms with van der Waals surface area (Å²) in [5.74, 6) is -0.201. The van der Waals surface area contributed by atoms with Crippen molar-refractivity contribution in [1.82, 2.24) is 4.98 Å². The van der Waals surface area contributed by atoms with Gasteiger partial charge in [-0.05, 0) is 30.7 Å². The number of non-ortho nitro benzene ring substituents is 1. The third-order valence-corrected chi connectivity index (χ3v) is 4.91. The number of aromatic nitrogens is 1. The molecule has 1 aromatic heterocycles. The fraction of sp³-hybridized carbons (Fsp3) is 0.118. The Bertz CT molecular complexity index is 1010. The van der Waals surface area contributed by atoms with Gasteiger partial charge in [0.15, 0.2) is 0 Å². The van der Waals surface area contributed by atoms with Crippen LogP contribution in [0.2, 0.25) is 0 Å². The van der Waals surface area contributed by atoms with Crippen molar-refractivity contribution in [1.29, 1.82) is 0 Å². The Balaban J connectivity index is 0.000000352. The number of benzene rings is 2. The highest BCUT2D eigenvalue weighted by Crippen LogP contribution is 2.23. The molecule has 26 heavy (non-hydrogen) atoms. The largest absolute Gasteiger partial charge is 0.286 e. The lowest BCUT2D eigenvalue weighted by Gasteiger charge is -1.93. The topological polar surface area (TPSA) is 110 Å². The summed E-state index contributed by atoms with van der Waals surface area (Å²) in [4.78, 5) is 14.8. The molecule has 0 bridgehead atoms. The number of hydrogen-bond donors (Lipinski definition) is 1. The van der Waals surface area contributed by atoms with Gasteiger partial charge in [0.05, 0.1) is 20.9 Å². The Kier molecular flexibility index (Phi) is 6.56. The molecule has 136 valence electrons. The van der Waals surface area contributed by atoms with Gasteiger partial charge in [-0.1, -0.05) is 30.3 Å². The van der Waals surface area contributed by atoms with E-state index in [4.69, 9.17) is 4.55 Å². The van der Waals surface area contributed by atoms with Crippen LogP contribution in [0, 0.1) is 10.1 Å². The van der Waals surface area contributed by atoms with E-state index >= 15 is 0 Å². The van der Waals surface area contributed by atoms with Crippen LogP contribution in [0.4, 0.5) is 5.69 Å². The summed E-state index contributed by atoms with van der Waals surface area (Å²) in [6, 6.07) is 14.5. The second kappa shape index (κ2) is 8.65. The van der Waals surface area contributed by atoms with Gasteiger partial charge in [-0.3, -0.25) is 14.7 Å². The minimum Gasteiger partial charge on any atom is -0.286 e. The second-order valence-electron chi connectivity index (χ2n) is 5.08. The fourth-order valence-electron chi connectivity index (χ4n) is 1.87. The standard InChI is InChI=1S/C15H10N2O2S.C2H6O3S/c18-17(19)12-5-3-4-11(10-12)8-9-15-16-13-6-1-2-7-14(13)20-15;1-2-6(3,4)5/h1-10H;2H2,1H3,(H,3,4,5). The molecule has 7 nitrogen and oxygen atoms in total. The Morgan fingerprint density at radius 3 is 2.50 bits per heavy atom. The summed E-state index contributed by atoms with van der Waals surface area (Å²) in [6.45, 7) is 1.37. The summed E-state index contributed by atoms with van der Waals surface area (Å²) in [5, 5.41) is 11.6. The molecule has 0 fully saturated rings. The van der Waals surface area contributed by atoms with Gasteiger partial charge < -0.3 is 0 Å². The minimum atomic E-state index is -3.66. The van der Waals surface area contributed by atoms with E-state index in [1.54, 1.807) is 23.5 Å². The van der Waals surface area contributed by atoms with Crippen LogP contribution in [0.1, 0.15) is 17.5 Å². The average Bonchev–Trinajstić information content (AvgIpc) is 3.03. The summed E-state index contributed by atoms with van der Waals surface area (Å²) in [6.07, 6.45) is 3.72. The first-order valence-electron chi connectivity index (χ1n) is 7.52. The molecule has 1 heterocycles. The first-order chi connectivity index (χ1) is 12.3. The van der Waals surface area contributed by atoms with E-state index in [1.807, 2.05) is 42.5 Å². The number of thiazole rings is 1. The molecule has 2 aromatic carbocycles. The molecule has 0 unspecified atom stereocenters. The zero-order valence-corrected chi connectivity index (χ0v) is 15.4. The third kappa shape index (κ3) is 6.03. The predicted octanol–water partition coefficient (Wildman–Crippen LogP) is 4.27. The maximum absolute atomic E-state index is 10.7. The molecule has 0 spiro atoms. The molecule has 0 atom stereocenters. The Morgan fingerprint density at radius 1 is 1.19 bits per heavy atom. The van der Waals surface area contributed by atoms with E-state index in [-0.39, 0.29) is 11.4 Å². The van der Waals surface area contributed by atoms with Crippen LogP contribution in [0.3, 0.4) is 0 Å². The first kappa shape index (κ1) is 19.7. The van der Waals surface area contributed by atoms with Gasteiger partial charge in [-0.2, -0.15) is 8.42 Å². The van der Waals surface area contributed by atoms with Gasteiger partial charge in [0.2, 0.25) is 0 Å². The van der Waals surface area contributed by atoms with Gasteiger partial charge in [0.1, 0.15) is 5.01 Å². The summed E-state index contributed by atoms with van der Waals surface area (Å²) >= 11 is 1.60. The summed E-state index contributed by atoms with van der Waals surface area (Å²) in [7, 11) is -3.66. The van der Waals surface area contributed by atoms with Crippen LogP contribution >= 0.6 is 11.3 Å². The number of para-hydroxylation sites is 1. The molecule has 9 heteroatoms. The number of hydrogen-bond acceptors (Lipinski definition) is 6. The summed E-state index contributed by atoms with van der Waals surface area (Å²) < 4.78 is 28.0. The molecule has 0 saturated carbocycles. The van der Waals surface area contributed by atoms with Crippen molar-refractivity contribution in [3.8, 4) is 0 Å². The third-order valence-electron chi connectivity index (χ3n) is 3.17. The number of nitro benzene ring substituents is 1. The zero-order chi connectivity index (χ0) is 19.2. The summed E-state index contributed by atoms with van der Waals surface area (Å²) in [5.41, 5.74) is 1.85. The normalized spacial score (nSPS) is 11.3. The molecule has 3 rings (SSSR count). The highest BCUT2D eigenvalue weighted by Gasteiger charge is 2.04. The highest BCUT2D eigenvalue weighted by atomic mass is 32.2. The quantitative estimate of drug-likeness (QED) is 0.403. The van der Waals surface area contributed by atoms with E-state index in [9.17, 15) is 18.5 Å². The van der Waals surface area contributed by atoms with Crippen molar-refractivity contribution < 1.29 is 17.9 Å². The number of rotatable bonds is 4. The molecule has 0 amide bonds. The van der Waals surface area contributed by atoms with Crippen LogP contribution in [-0.4, -0.2) is 28.6 Å². The number of nitro groups is 1. The molecule has 0 aliphatic carbocycles. The maximum atomic E-state index is 10.7. The molecule has 0 saturated heterocycles. The number of fused-ring (bicyclic) bond motifs is 1. The lowest BCUT2D eigenvalue weighted by molar-refractivity contribution is -0.384. The van der Waals surface area contributed by atoms with Crippen LogP contribution in [0.15, 0.2) is 48.5 Å². The fourth-order valence-corrected chi connectivity index (χ4v) is 2.74. The van der Waals surface area contributed by atoms with Gasteiger partial charge in [0.25, 0.3) is 15.8 Å². The van der Waals surface area contributed by atoms with Crippen LogP contribution in [0.5, 0.6) is 0 Å². The van der Waals surface area contributed by atoms with Gasteiger partial charge in [-0.15, -0.1) is 11.3 Å². The van der Waals surface area contributed by atoms with Crippen molar-refractivity contribution in [3.05, 3.63) is 69.2 Å². The van der Waals surface area contributed by atoms with E-state index in [0.717, 1.165) is 20.8 Å². The molecule has 3 aromatic rings. The lowest BCUT2D eigenvalue weighted by Crippen LogP contribution is -1.97. The molecule has 1 N–H and O–H groups in total. The Morgan fingerprint density at radius 2 is 1.88 bits per heavy atom. The molecular weight excluding hydrogens is 376 g/mol. The van der Waals surface area contributed by atoms with E-state index in [0.29, 0.717) is 0 Å².